The number of ether oxygens (including phenoxy) is 1. The third kappa shape index (κ3) is 3.46. The summed E-state index contributed by atoms with van der Waals surface area (Å²) in [5.41, 5.74) is 11.1. The maximum absolute atomic E-state index is 12.8. The zero-order valence-corrected chi connectivity index (χ0v) is 18.1. The Kier molecular flexibility index (Phi) is 4.92. The van der Waals surface area contributed by atoms with Crippen LogP contribution in [0.4, 0.5) is 11.4 Å². The average Bonchev–Trinajstić information content (AvgIpc) is 3.13. The Morgan fingerprint density at radius 3 is 2.55 bits per heavy atom. The van der Waals surface area contributed by atoms with Crippen LogP contribution < -0.4 is 11.1 Å². The van der Waals surface area contributed by atoms with Crippen LogP contribution in [0.1, 0.15) is 16.7 Å². The van der Waals surface area contributed by atoms with Gasteiger partial charge < -0.3 is 15.8 Å². The van der Waals surface area contributed by atoms with Crippen LogP contribution in [0.15, 0.2) is 58.4 Å². The van der Waals surface area contributed by atoms with Crippen molar-refractivity contribution in [3.8, 4) is 0 Å². The summed E-state index contributed by atoms with van der Waals surface area (Å²) in [6.07, 6.45) is 0. The van der Waals surface area contributed by atoms with Crippen LogP contribution in [0.2, 0.25) is 0 Å². The fraction of sp³-hybridized carbons (Fsp3) is 0.261. The lowest BCUT2D eigenvalue weighted by Gasteiger charge is -2.26. The van der Waals surface area contributed by atoms with E-state index in [0.29, 0.717) is 43.6 Å². The number of rotatable bonds is 5. The third-order valence-electron chi connectivity index (χ3n) is 5.88. The Morgan fingerprint density at radius 1 is 1.06 bits per heavy atom. The minimum absolute atomic E-state index is 0.312. The van der Waals surface area contributed by atoms with E-state index in [2.05, 4.69) is 22.4 Å². The predicted molar refractivity (Wildman–Crippen MR) is 122 cm³/mol. The number of nitrogens with two attached hydrogens (primary N) is 1. The first-order chi connectivity index (χ1) is 14.9. The molecule has 0 amide bonds. The molecule has 0 radical (unpaired) electrons. The summed E-state index contributed by atoms with van der Waals surface area (Å²) in [6, 6.07) is 15.2. The SMILES string of the molecule is Cc1ccc2c(NCc3ccc(S(=O)(=O)N4CCOCC4)cc3)ccc3c2c1C(N)=N3. The van der Waals surface area contributed by atoms with Crippen LogP contribution in [0.5, 0.6) is 0 Å². The van der Waals surface area contributed by atoms with Crippen molar-refractivity contribution in [1.29, 1.82) is 0 Å². The van der Waals surface area contributed by atoms with E-state index in [-0.39, 0.29) is 0 Å². The monoisotopic (exact) mass is 436 g/mol. The number of benzene rings is 3. The molecular formula is C23H24N4O3S. The van der Waals surface area contributed by atoms with Gasteiger partial charge in [0.15, 0.2) is 0 Å². The highest BCUT2D eigenvalue weighted by atomic mass is 32.2. The molecule has 0 bridgehead atoms. The molecule has 5 rings (SSSR count). The number of morpholine rings is 1. The second kappa shape index (κ2) is 7.64. The highest BCUT2D eigenvalue weighted by molar-refractivity contribution is 7.89. The Bertz CT molecular complexity index is 1290. The molecular weight excluding hydrogens is 412 g/mol. The molecule has 0 atom stereocenters. The van der Waals surface area contributed by atoms with E-state index < -0.39 is 10.0 Å². The van der Waals surface area contributed by atoms with Gasteiger partial charge in [-0.25, -0.2) is 13.4 Å². The fourth-order valence-electron chi connectivity index (χ4n) is 4.21. The first-order valence-corrected chi connectivity index (χ1v) is 11.7. The van der Waals surface area contributed by atoms with Crippen LogP contribution >= 0.6 is 0 Å². The molecule has 0 aromatic heterocycles. The number of anilines is 1. The second-order valence-electron chi connectivity index (χ2n) is 7.82. The van der Waals surface area contributed by atoms with E-state index in [1.165, 1.54) is 4.31 Å². The molecule has 31 heavy (non-hydrogen) atoms. The quantitative estimate of drug-likeness (QED) is 0.641. The summed E-state index contributed by atoms with van der Waals surface area (Å²) < 4.78 is 32.3. The highest BCUT2D eigenvalue weighted by Crippen LogP contribution is 2.39. The number of nitrogens with one attached hydrogen (secondary N) is 1. The Balaban J connectivity index is 1.36. The minimum atomic E-state index is -3.48. The van der Waals surface area contributed by atoms with Crippen molar-refractivity contribution in [2.45, 2.75) is 18.4 Å². The van der Waals surface area contributed by atoms with Crippen LogP contribution in [0, 0.1) is 6.92 Å². The normalized spacial score (nSPS) is 16.5. The molecule has 160 valence electrons. The predicted octanol–water partition coefficient (Wildman–Crippen LogP) is 3.13. The van der Waals surface area contributed by atoms with Gasteiger partial charge in [-0.2, -0.15) is 4.31 Å². The lowest BCUT2D eigenvalue weighted by Crippen LogP contribution is -2.40. The molecule has 0 unspecified atom stereocenters. The molecule has 7 nitrogen and oxygen atoms in total. The molecule has 2 aliphatic heterocycles. The number of nitrogens with zero attached hydrogens (tertiary/aromatic N) is 2. The molecule has 1 saturated heterocycles. The van der Waals surface area contributed by atoms with Crippen molar-refractivity contribution in [3.05, 3.63) is 65.2 Å². The van der Waals surface area contributed by atoms with E-state index in [4.69, 9.17) is 10.5 Å². The number of hydrogen-bond acceptors (Lipinski definition) is 6. The second-order valence-corrected chi connectivity index (χ2v) is 9.76. The minimum Gasteiger partial charge on any atom is -0.383 e. The van der Waals surface area contributed by atoms with Gasteiger partial charge in [0.05, 0.1) is 23.8 Å². The van der Waals surface area contributed by atoms with Gasteiger partial charge in [-0.15, -0.1) is 0 Å². The van der Waals surface area contributed by atoms with Crippen LogP contribution in [0.25, 0.3) is 10.8 Å². The number of sulfonamides is 1. The van der Waals surface area contributed by atoms with Gasteiger partial charge in [0, 0.05) is 41.7 Å². The van der Waals surface area contributed by atoms with Crippen molar-refractivity contribution in [2.75, 3.05) is 31.6 Å². The summed E-state index contributed by atoms with van der Waals surface area (Å²) >= 11 is 0. The third-order valence-corrected chi connectivity index (χ3v) is 7.79. The zero-order valence-electron chi connectivity index (χ0n) is 17.3. The van der Waals surface area contributed by atoms with Crippen LogP contribution in [-0.4, -0.2) is 44.9 Å². The van der Waals surface area contributed by atoms with Gasteiger partial charge in [0.25, 0.3) is 0 Å². The lowest BCUT2D eigenvalue weighted by molar-refractivity contribution is 0.0730. The van der Waals surface area contributed by atoms with E-state index in [0.717, 1.165) is 38.8 Å². The standard InChI is InChI=1S/C23H24N4O3S/c1-15-2-7-18-19(8-9-20-22(18)21(15)23(24)26-20)25-14-16-3-5-17(6-4-16)31(28,29)27-10-12-30-13-11-27/h2-9,25H,10-14H2,1H3,(H2,24,26). The maximum Gasteiger partial charge on any atom is 0.243 e. The van der Waals surface area contributed by atoms with Gasteiger partial charge in [-0.1, -0.05) is 24.3 Å². The van der Waals surface area contributed by atoms with Gasteiger partial charge in [0.2, 0.25) is 10.0 Å². The Morgan fingerprint density at radius 2 is 1.81 bits per heavy atom. The van der Waals surface area contributed by atoms with Crippen LogP contribution in [-0.2, 0) is 21.3 Å². The number of hydrogen-bond donors (Lipinski definition) is 2. The van der Waals surface area contributed by atoms with E-state index in [9.17, 15) is 8.42 Å². The van der Waals surface area contributed by atoms with Crippen molar-refractivity contribution in [2.24, 2.45) is 10.7 Å². The smallest absolute Gasteiger partial charge is 0.243 e. The first-order valence-electron chi connectivity index (χ1n) is 10.3. The molecule has 3 aromatic rings. The fourth-order valence-corrected chi connectivity index (χ4v) is 5.62. The highest BCUT2D eigenvalue weighted by Gasteiger charge is 2.26. The zero-order chi connectivity index (χ0) is 21.6. The van der Waals surface area contributed by atoms with Crippen molar-refractivity contribution in [3.63, 3.8) is 0 Å². The van der Waals surface area contributed by atoms with Gasteiger partial charge in [-0.3, -0.25) is 0 Å². The summed E-state index contributed by atoms with van der Waals surface area (Å²) in [4.78, 5) is 4.80. The number of aryl methyl sites for hydroxylation is 1. The summed E-state index contributed by atoms with van der Waals surface area (Å²) in [5.74, 6) is 0.562. The molecule has 0 saturated carbocycles. The molecule has 2 aliphatic rings. The number of amidine groups is 1. The number of aliphatic imine (C=N–C) groups is 1. The van der Waals surface area contributed by atoms with Crippen molar-refractivity contribution in [1.82, 2.24) is 4.31 Å². The van der Waals surface area contributed by atoms with Gasteiger partial charge >= 0.3 is 0 Å². The van der Waals surface area contributed by atoms with Crippen LogP contribution in [0.3, 0.4) is 0 Å². The average molecular weight is 437 g/mol. The summed E-state index contributed by atoms with van der Waals surface area (Å²) in [5, 5.41) is 5.63. The largest absolute Gasteiger partial charge is 0.383 e. The molecule has 0 aliphatic carbocycles. The molecule has 0 spiro atoms. The van der Waals surface area contributed by atoms with Crippen molar-refractivity contribution >= 4 is 38.0 Å². The summed E-state index contributed by atoms with van der Waals surface area (Å²) in [7, 11) is -3.48. The molecule has 1 fully saturated rings. The summed E-state index contributed by atoms with van der Waals surface area (Å²) in [6.45, 7) is 4.28. The lowest BCUT2D eigenvalue weighted by atomic mass is 9.98. The van der Waals surface area contributed by atoms with E-state index in [1.807, 2.05) is 31.2 Å². The van der Waals surface area contributed by atoms with E-state index in [1.54, 1.807) is 12.1 Å². The topological polar surface area (TPSA) is 97.0 Å². The molecule has 8 heteroatoms. The van der Waals surface area contributed by atoms with Gasteiger partial charge in [-0.05, 0) is 42.3 Å². The first kappa shape index (κ1) is 20.0. The molecule has 3 N–H and O–H groups in total. The maximum atomic E-state index is 12.8. The Labute approximate surface area is 181 Å². The molecule has 3 aromatic carbocycles. The van der Waals surface area contributed by atoms with E-state index >= 15 is 0 Å². The Hall–Kier alpha value is -2.94. The van der Waals surface area contributed by atoms with Gasteiger partial charge in [0.1, 0.15) is 5.84 Å². The molecule has 2 heterocycles. The van der Waals surface area contributed by atoms with Crippen molar-refractivity contribution < 1.29 is 13.2 Å².